The van der Waals surface area contributed by atoms with E-state index < -0.39 is 11.6 Å². The van der Waals surface area contributed by atoms with Crippen molar-refractivity contribution >= 4 is 11.9 Å². The van der Waals surface area contributed by atoms with Crippen LogP contribution in [0.15, 0.2) is 47.5 Å². The van der Waals surface area contributed by atoms with Crippen molar-refractivity contribution in [2.75, 3.05) is 20.2 Å². The fourth-order valence-corrected chi connectivity index (χ4v) is 2.41. The first kappa shape index (κ1) is 21.1. The van der Waals surface area contributed by atoms with Gasteiger partial charge in [0.15, 0.2) is 12.6 Å². The molecule has 0 unspecified atom stereocenters. The monoisotopic (exact) mass is 390 g/mol. The molecule has 0 aliphatic carbocycles. The molecule has 1 amide bonds. The van der Waals surface area contributed by atoms with Gasteiger partial charge in [-0.1, -0.05) is 12.1 Å². The van der Waals surface area contributed by atoms with Gasteiger partial charge in [0.1, 0.15) is 17.4 Å². The summed E-state index contributed by atoms with van der Waals surface area (Å²) in [6, 6.07) is 10.6. The van der Waals surface area contributed by atoms with Crippen LogP contribution in [0.1, 0.15) is 18.1 Å². The molecule has 0 atom stereocenters. The number of ether oxygens (including phenoxy) is 1. The highest BCUT2D eigenvalue weighted by molar-refractivity contribution is 5.79. The van der Waals surface area contributed by atoms with Gasteiger partial charge in [-0.2, -0.15) is 0 Å². The molecule has 8 heteroatoms. The largest absolute Gasteiger partial charge is 0.484 e. The summed E-state index contributed by atoms with van der Waals surface area (Å²) in [6.45, 7) is 2.88. The predicted molar refractivity (Wildman–Crippen MR) is 104 cm³/mol. The second kappa shape index (κ2) is 10.9. The predicted octanol–water partition coefficient (Wildman–Crippen LogP) is 2.34. The Morgan fingerprint density at radius 1 is 1.07 bits per heavy atom. The number of carbonyl (C=O) groups is 1. The molecule has 2 aromatic carbocycles. The molecule has 6 nitrogen and oxygen atoms in total. The van der Waals surface area contributed by atoms with Crippen molar-refractivity contribution in [3.05, 3.63) is 65.2 Å². The average molecular weight is 390 g/mol. The van der Waals surface area contributed by atoms with Crippen LogP contribution in [0, 0.1) is 11.6 Å². The Bertz CT molecular complexity index is 828. The van der Waals surface area contributed by atoms with E-state index >= 15 is 0 Å². The summed E-state index contributed by atoms with van der Waals surface area (Å²) in [5.41, 5.74) is 1.12. The molecular weight excluding hydrogens is 366 g/mol. The van der Waals surface area contributed by atoms with E-state index in [1.54, 1.807) is 13.1 Å². The van der Waals surface area contributed by atoms with Crippen molar-refractivity contribution in [1.82, 2.24) is 16.0 Å². The first-order chi connectivity index (χ1) is 13.5. The number of guanidine groups is 1. The lowest BCUT2D eigenvalue weighted by Gasteiger charge is -2.13. The molecule has 2 rings (SSSR count). The second-order valence-electron chi connectivity index (χ2n) is 5.90. The zero-order valence-corrected chi connectivity index (χ0v) is 15.9. The first-order valence-electron chi connectivity index (χ1n) is 8.88. The Balaban J connectivity index is 1.86. The minimum Gasteiger partial charge on any atom is -0.484 e. The van der Waals surface area contributed by atoms with E-state index in [1.807, 2.05) is 25.1 Å². The zero-order valence-electron chi connectivity index (χ0n) is 15.9. The topological polar surface area (TPSA) is 74.8 Å². The number of likely N-dealkylation sites (N-methyl/N-ethyl adjacent to an activating group) is 1. The Hall–Kier alpha value is -3.16. The van der Waals surface area contributed by atoms with Crippen molar-refractivity contribution in [3.8, 4) is 5.75 Å². The highest BCUT2D eigenvalue weighted by atomic mass is 19.1. The third-order valence-corrected chi connectivity index (χ3v) is 3.78. The lowest BCUT2D eigenvalue weighted by atomic mass is 10.2. The Morgan fingerprint density at radius 2 is 1.86 bits per heavy atom. The second-order valence-corrected chi connectivity index (χ2v) is 5.90. The molecule has 0 aromatic heterocycles. The van der Waals surface area contributed by atoms with Gasteiger partial charge in [-0.25, -0.2) is 8.78 Å². The summed E-state index contributed by atoms with van der Waals surface area (Å²) in [7, 11) is 1.59. The van der Waals surface area contributed by atoms with Crippen LogP contribution in [-0.2, 0) is 17.9 Å². The van der Waals surface area contributed by atoms with Gasteiger partial charge in [-0.3, -0.25) is 9.79 Å². The average Bonchev–Trinajstić information content (AvgIpc) is 2.69. The number of benzene rings is 2. The highest BCUT2D eigenvalue weighted by Crippen LogP contribution is 2.13. The highest BCUT2D eigenvalue weighted by Gasteiger charge is 2.06. The number of hydrogen-bond donors (Lipinski definition) is 3. The van der Waals surface area contributed by atoms with Crippen LogP contribution in [0.5, 0.6) is 5.75 Å². The summed E-state index contributed by atoms with van der Waals surface area (Å²) in [6.07, 6.45) is 0. The lowest BCUT2D eigenvalue weighted by Crippen LogP contribution is -2.36. The van der Waals surface area contributed by atoms with Gasteiger partial charge in [0.2, 0.25) is 0 Å². The van der Waals surface area contributed by atoms with Crippen LogP contribution in [0.2, 0.25) is 0 Å². The third kappa shape index (κ3) is 6.86. The van der Waals surface area contributed by atoms with E-state index in [4.69, 9.17) is 4.74 Å². The van der Waals surface area contributed by atoms with Gasteiger partial charge in [0.25, 0.3) is 5.91 Å². The maximum Gasteiger partial charge on any atom is 0.257 e. The summed E-state index contributed by atoms with van der Waals surface area (Å²) in [5, 5.41) is 8.69. The van der Waals surface area contributed by atoms with E-state index in [-0.39, 0.29) is 24.6 Å². The molecule has 2 aromatic rings. The summed E-state index contributed by atoms with van der Waals surface area (Å²) in [5.74, 6) is -0.139. The van der Waals surface area contributed by atoms with Gasteiger partial charge in [0, 0.05) is 32.2 Å². The molecule has 150 valence electrons. The zero-order chi connectivity index (χ0) is 20.4. The van der Waals surface area contributed by atoms with Crippen molar-refractivity contribution in [2.24, 2.45) is 4.99 Å². The number of aliphatic imine (C=N–C) groups is 1. The van der Waals surface area contributed by atoms with Crippen LogP contribution in [0.3, 0.4) is 0 Å². The molecule has 0 radical (unpaired) electrons. The number of amides is 1. The van der Waals surface area contributed by atoms with Gasteiger partial charge in [-0.05, 0) is 42.8 Å². The van der Waals surface area contributed by atoms with Crippen LogP contribution < -0.4 is 20.7 Å². The van der Waals surface area contributed by atoms with E-state index in [0.29, 0.717) is 24.8 Å². The maximum atomic E-state index is 13.7. The van der Waals surface area contributed by atoms with E-state index in [0.717, 1.165) is 23.8 Å². The third-order valence-electron chi connectivity index (χ3n) is 3.78. The van der Waals surface area contributed by atoms with Gasteiger partial charge in [-0.15, -0.1) is 0 Å². The lowest BCUT2D eigenvalue weighted by molar-refractivity contribution is -0.122. The standard InChI is InChI=1S/C20H24F2N4O2/c1-3-24-19(27)13-28-17-6-4-5-14(9-17)11-25-20(23-2)26-12-15-10-16(21)7-8-18(15)22/h4-10H,3,11-13H2,1-2H3,(H,24,27)(H2,23,25,26). The van der Waals surface area contributed by atoms with Crippen LogP contribution in [-0.4, -0.2) is 32.1 Å². The minimum absolute atomic E-state index is 0.0485. The normalized spacial score (nSPS) is 11.1. The summed E-state index contributed by atoms with van der Waals surface area (Å²) < 4.78 is 32.4. The Kier molecular flexibility index (Phi) is 8.20. The summed E-state index contributed by atoms with van der Waals surface area (Å²) in [4.78, 5) is 15.5. The van der Waals surface area contributed by atoms with Crippen LogP contribution in [0.4, 0.5) is 8.78 Å². The molecule has 0 saturated carbocycles. The van der Waals surface area contributed by atoms with Crippen LogP contribution >= 0.6 is 0 Å². The number of nitrogens with one attached hydrogen (secondary N) is 3. The van der Waals surface area contributed by atoms with Crippen LogP contribution in [0.25, 0.3) is 0 Å². The number of carbonyl (C=O) groups excluding carboxylic acids is 1. The van der Waals surface area contributed by atoms with Crippen molar-refractivity contribution in [3.63, 3.8) is 0 Å². The summed E-state index contributed by atoms with van der Waals surface area (Å²) >= 11 is 0. The van der Waals surface area contributed by atoms with Gasteiger partial charge in [0.05, 0.1) is 0 Å². The maximum absolute atomic E-state index is 13.7. The molecule has 0 fully saturated rings. The smallest absolute Gasteiger partial charge is 0.257 e. The van der Waals surface area contributed by atoms with Crippen molar-refractivity contribution < 1.29 is 18.3 Å². The Labute approximate surface area is 163 Å². The van der Waals surface area contributed by atoms with E-state index in [2.05, 4.69) is 20.9 Å². The van der Waals surface area contributed by atoms with Gasteiger partial charge < -0.3 is 20.7 Å². The molecular formula is C20H24F2N4O2. The molecule has 0 aliphatic rings. The number of nitrogens with zero attached hydrogens (tertiary/aromatic N) is 1. The molecule has 0 bridgehead atoms. The number of rotatable bonds is 8. The molecule has 28 heavy (non-hydrogen) atoms. The molecule has 0 saturated heterocycles. The number of hydrogen-bond acceptors (Lipinski definition) is 3. The van der Waals surface area contributed by atoms with Gasteiger partial charge >= 0.3 is 0 Å². The fraction of sp³-hybridized carbons (Fsp3) is 0.300. The quantitative estimate of drug-likeness (QED) is 0.478. The first-order valence-corrected chi connectivity index (χ1v) is 8.88. The molecule has 0 aliphatic heterocycles. The van der Waals surface area contributed by atoms with Crippen molar-refractivity contribution in [2.45, 2.75) is 20.0 Å². The number of halogens is 2. The Morgan fingerprint density at radius 3 is 2.61 bits per heavy atom. The van der Waals surface area contributed by atoms with E-state index in [9.17, 15) is 13.6 Å². The molecule has 0 spiro atoms. The molecule has 3 N–H and O–H groups in total. The SMILES string of the molecule is CCNC(=O)COc1cccc(CNC(=NC)NCc2cc(F)ccc2F)c1. The van der Waals surface area contributed by atoms with Crippen molar-refractivity contribution in [1.29, 1.82) is 0 Å². The minimum atomic E-state index is -0.495. The molecule has 0 heterocycles. The van der Waals surface area contributed by atoms with E-state index in [1.165, 1.54) is 0 Å². The fourth-order valence-electron chi connectivity index (χ4n) is 2.41.